The molecule has 2 unspecified atom stereocenters. The standard InChI is InChI=1S/C22H30O4/c1-12-9-17-15-6-8-21(25,13(2)23)20(15,4)11-18-22(17,26-18)19(3)7-5-14(24)10-16(12)19/h10,12,15,17-18,25H,5-9,11H2,1-4H3/t12-,15?,17?,18-,19-,20-,21-,22+/m0/s1. The number of Topliss-reactive ketones (excluding diaryl/α,β-unsaturated/α-hetero) is 1. The maximum Gasteiger partial charge on any atom is 0.161 e. The molecule has 1 aliphatic heterocycles. The fourth-order valence-electron chi connectivity index (χ4n) is 7.99. The van der Waals surface area contributed by atoms with E-state index in [4.69, 9.17) is 4.74 Å². The zero-order valence-electron chi connectivity index (χ0n) is 16.3. The molecular formula is C22H30O4. The summed E-state index contributed by atoms with van der Waals surface area (Å²) < 4.78 is 6.53. The molecular weight excluding hydrogens is 328 g/mol. The highest BCUT2D eigenvalue weighted by molar-refractivity contribution is 5.92. The minimum absolute atomic E-state index is 0.0772. The number of carbonyl (C=O) groups is 2. The highest BCUT2D eigenvalue weighted by Gasteiger charge is 2.81. The molecule has 1 spiro atoms. The van der Waals surface area contributed by atoms with Crippen molar-refractivity contribution >= 4 is 11.6 Å². The maximum absolute atomic E-state index is 12.4. The molecule has 0 aromatic heterocycles. The molecule has 1 saturated heterocycles. The Kier molecular flexibility index (Phi) is 3.09. The van der Waals surface area contributed by atoms with E-state index in [2.05, 4.69) is 20.8 Å². The molecule has 4 fully saturated rings. The molecule has 0 amide bonds. The van der Waals surface area contributed by atoms with Crippen LogP contribution in [0, 0.1) is 28.6 Å². The van der Waals surface area contributed by atoms with E-state index in [-0.39, 0.29) is 28.7 Å². The Labute approximate surface area is 155 Å². The van der Waals surface area contributed by atoms with Crippen LogP contribution in [0.4, 0.5) is 0 Å². The predicted molar refractivity (Wildman–Crippen MR) is 96.4 cm³/mol. The molecule has 0 bridgehead atoms. The Morgan fingerprint density at radius 3 is 2.69 bits per heavy atom. The molecule has 142 valence electrons. The van der Waals surface area contributed by atoms with Gasteiger partial charge in [-0.25, -0.2) is 0 Å². The van der Waals surface area contributed by atoms with Crippen LogP contribution in [-0.2, 0) is 14.3 Å². The second-order valence-electron chi connectivity index (χ2n) is 10.2. The van der Waals surface area contributed by atoms with Crippen LogP contribution in [0.3, 0.4) is 0 Å². The highest BCUT2D eigenvalue weighted by Crippen LogP contribution is 2.76. The van der Waals surface area contributed by atoms with Crippen molar-refractivity contribution in [1.82, 2.24) is 0 Å². The lowest BCUT2D eigenvalue weighted by atomic mass is 9.44. The van der Waals surface area contributed by atoms with Crippen molar-refractivity contribution < 1.29 is 19.4 Å². The van der Waals surface area contributed by atoms with E-state index in [1.54, 1.807) is 6.92 Å². The Morgan fingerprint density at radius 2 is 2.00 bits per heavy atom. The lowest BCUT2D eigenvalue weighted by Gasteiger charge is -2.58. The van der Waals surface area contributed by atoms with Crippen LogP contribution < -0.4 is 0 Å². The molecule has 0 radical (unpaired) electrons. The minimum Gasteiger partial charge on any atom is -0.382 e. The number of epoxide rings is 1. The van der Waals surface area contributed by atoms with Crippen molar-refractivity contribution in [2.75, 3.05) is 0 Å². The van der Waals surface area contributed by atoms with Crippen LogP contribution in [0.1, 0.15) is 66.2 Å². The number of ketones is 2. The summed E-state index contributed by atoms with van der Waals surface area (Å²) in [6.07, 6.45) is 6.73. The molecule has 8 atom stereocenters. The van der Waals surface area contributed by atoms with Gasteiger partial charge in [0.1, 0.15) is 11.2 Å². The maximum atomic E-state index is 12.4. The van der Waals surface area contributed by atoms with Crippen molar-refractivity contribution in [2.45, 2.75) is 83.5 Å². The van der Waals surface area contributed by atoms with Crippen molar-refractivity contribution in [1.29, 1.82) is 0 Å². The quantitative estimate of drug-likeness (QED) is 0.731. The number of rotatable bonds is 1. The van der Waals surface area contributed by atoms with Gasteiger partial charge in [-0.15, -0.1) is 0 Å². The third-order valence-corrected chi connectivity index (χ3v) is 9.39. The number of hydrogen-bond acceptors (Lipinski definition) is 4. The number of fused-ring (bicyclic) bond motifs is 3. The lowest BCUT2D eigenvalue weighted by molar-refractivity contribution is -0.156. The van der Waals surface area contributed by atoms with E-state index < -0.39 is 11.0 Å². The SMILES string of the molecule is CC(=O)[C@@]1(O)CCC2C3C[C@H](C)C4=CC(=O)CC[C@]4(C)[C@@]34O[C@H]4C[C@@]21C. The minimum atomic E-state index is -1.21. The third-order valence-electron chi connectivity index (χ3n) is 9.39. The molecule has 4 heteroatoms. The van der Waals surface area contributed by atoms with Gasteiger partial charge in [-0.05, 0) is 62.9 Å². The zero-order valence-corrected chi connectivity index (χ0v) is 16.3. The second-order valence-corrected chi connectivity index (χ2v) is 10.2. The average Bonchev–Trinajstić information content (AvgIpc) is 3.23. The Morgan fingerprint density at radius 1 is 1.27 bits per heavy atom. The van der Waals surface area contributed by atoms with Gasteiger partial charge in [-0.2, -0.15) is 0 Å². The largest absolute Gasteiger partial charge is 0.382 e. The van der Waals surface area contributed by atoms with Crippen LogP contribution in [-0.4, -0.2) is 34.0 Å². The molecule has 1 heterocycles. The van der Waals surface area contributed by atoms with Crippen molar-refractivity contribution in [3.8, 4) is 0 Å². The van der Waals surface area contributed by atoms with E-state index in [9.17, 15) is 14.7 Å². The third kappa shape index (κ3) is 1.62. The Balaban J connectivity index is 1.62. The van der Waals surface area contributed by atoms with Gasteiger partial charge in [0.05, 0.1) is 6.10 Å². The first-order valence-corrected chi connectivity index (χ1v) is 10.3. The monoisotopic (exact) mass is 358 g/mol. The molecule has 26 heavy (non-hydrogen) atoms. The van der Waals surface area contributed by atoms with Gasteiger partial charge in [0.25, 0.3) is 0 Å². The fraction of sp³-hybridized carbons (Fsp3) is 0.818. The number of carbonyl (C=O) groups excluding carboxylic acids is 2. The topological polar surface area (TPSA) is 66.9 Å². The summed E-state index contributed by atoms with van der Waals surface area (Å²) in [4.78, 5) is 24.5. The van der Waals surface area contributed by atoms with E-state index in [0.29, 0.717) is 30.6 Å². The first-order valence-electron chi connectivity index (χ1n) is 10.3. The van der Waals surface area contributed by atoms with E-state index in [1.807, 2.05) is 6.08 Å². The molecule has 0 aromatic carbocycles. The normalized spacial score (nSPS) is 57.4. The van der Waals surface area contributed by atoms with Gasteiger partial charge < -0.3 is 9.84 Å². The second kappa shape index (κ2) is 4.70. The van der Waals surface area contributed by atoms with Gasteiger partial charge in [0.2, 0.25) is 0 Å². The average molecular weight is 358 g/mol. The number of aliphatic hydroxyl groups is 1. The summed E-state index contributed by atoms with van der Waals surface area (Å²) in [6, 6.07) is 0. The van der Waals surface area contributed by atoms with Crippen molar-refractivity contribution in [3.63, 3.8) is 0 Å². The number of hydrogen-bond donors (Lipinski definition) is 1. The summed E-state index contributed by atoms with van der Waals surface area (Å²) in [6.45, 7) is 8.22. The first-order chi connectivity index (χ1) is 12.1. The summed E-state index contributed by atoms with van der Waals surface area (Å²) in [7, 11) is 0. The van der Waals surface area contributed by atoms with Gasteiger partial charge in [0, 0.05) is 17.3 Å². The zero-order chi connectivity index (χ0) is 18.7. The first kappa shape index (κ1) is 17.1. The Bertz CT molecular complexity index is 755. The van der Waals surface area contributed by atoms with Crippen molar-refractivity contribution in [2.24, 2.45) is 28.6 Å². The van der Waals surface area contributed by atoms with Gasteiger partial charge in [-0.3, -0.25) is 9.59 Å². The predicted octanol–water partition coefficient (Wildman–Crippen LogP) is 3.22. The van der Waals surface area contributed by atoms with Crippen LogP contribution in [0.2, 0.25) is 0 Å². The lowest BCUT2D eigenvalue weighted by Crippen LogP contribution is -2.62. The molecule has 0 aromatic rings. The number of ether oxygens (including phenoxy) is 1. The van der Waals surface area contributed by atoms with Crippen LogP contribution >= 0.6 is 0 Å². The summed E-state index contributed by atoms with van der Waals surface area (Å²) in [5.41, 5.74) is -0.574. The fourth-order valence-corrected chi connectivity index (χ4v) is 7.99. The molecule has 4 aliphatic carbocycles. The highest BCUT2D eigenvalue weighted by atomic mass is 16.6. The van der Waals surface area contributed by atoms with Crippen LogP contribution in [0.5, 0.6) is 0 Å². The summed E-state index contributed by atoms with van der Waals surface area (Å²) in [5.74, 6) is 1.20. The summed E-state index contributed by atoms with van der Waals surface area (Å²) >= 11 is 0. The van der Waals surface area contributed by atoms with Gasteiger partial charge in [0.15, 0.2) is 11.6 Å². The van der Waals surface area contributed by atoms with E-state index in [0.717, 1.165) is 25.7 Å². The smallest absolute Gasteiger partial charge is 0.161 e. The van der Waals surface area contributed by atoms with Crippen molar-refractivity contribution in [3.05, 3.63) is 11.6 Å². The van der Waals surface area contributed by atoms with Gasteiger partial charge >= 0.3 is 0 Å². The molecule has 3 saturated carbocycles. The Hall–Kier alpha value is -1.00. The van der Waals surface area contributed by atoms with Gasteiger partial charge in [-0.1, -0.05) is 26.3 Å². The molecule has 5 rings (SSSR count). The van der Waals surface area contributed by atoms with E-state index >= 15 is 0 Å². The van der Waals surface area contributed by atoms with Crippen LogP contribution in [0.25, 0.3) is 0 Å². The molecule has 4 nitrogen and oxygen atoms in total. The molecule has 5 aliphatic rings. The van der Waals surface area contributed by atoms with Crippen LogP contribution in [0.15, 0.2) is 11.6 Å². The summed E-state index contributed by atoms with van der Waals surface area (Å²) in [5, 5.41) is 11.3. The van der Waals surface area contributed by atoms with E-state index in [1.165, 1.54) is 5.57 Å². The molecule has 1 N–H and O–H groups in total.